The number of hydrogen-bond acceptors (Lipinski definition) is 3. The minimum absolute atomic E-state index is 0.00305. The number of aromatic nitrogens is 2. The molecule has 0 radical (unpaired) electrons. The molecule has 1 N–H and O–H groups in total. The number of halogens is 2. The second-order valence-corrected chi connectivity index (χ2v) is 8.38. The Morgan fingerprint density at radius 3 is 2.64 bits per heavy atom. The highest BCUT2D eigenvalue weighted by molar-refractivity contribution is 6.42. The van der Waals surface area contributed by atoms with Crippen LogP contribution in [0, 0.1) is 25.2 Å². The first-order valence-electron chi connectivity index (χ1n) is 9.27. The van der Waals surface area contributed by atoms with Gasteiger partial charge in [0.2, 0.25) is 5.91 Å². The minimum atomic E-state index is -0.266. The maximum absolute atomic E-state index is 12.4. The summed E-state index contributed by atoms with van der Waals surface area (Å²) in [7, 11) is 0. The zero-order chi connectivity index (χ0) is 20.9. The highest BCUT2D eigenvalue weighted by Crippen LogP contribution is 2.29. The number of nitriles is 1. The summed E-state index contributed by atoms with van der Waals surface area (Å²) < 4.78 is 1.85. The van der Waals surface area contributed by atoms with Crippen LogP contribution in [0.2, 0.25) is 10.0 Å². The van der Waals surface area contributed by atoms with E-state index in [0.717, 1.165) is 22.5 Å². The lowest BCUT2D eigenvalue weighted by Crippen LogP contribution is -2.36. The molecule has 0 saturated carbocycles. The van der Waals surface area contributed by atoms with Gasteiger partial charge in [-0.3, -0.25) is 9.48 Å². The lowest BCUT2D eigenvalue weighted by molar-refractivity contribution is -0.121. The van der Waals surface area contributed by atoms with E-state index in [-0.39, 0.29) is 11.3 Å². The molecule has 0 spiro atoms. The smallest absolute Gasteiger partial charge is 0.220 e. The maximum atomic E-state index is 12.4. The Labute approximate surface area is 176 Å². The highest BCUT2D eigenvalue weighted by Gasteiger charge is 2.22. The number of carbonyl (C=O) groups excluding carboxylic acids is 1. The molecule has 0 aliphatic heterocycles. The van der Waals surface area contributed by atoms with Crippen molar-refractivity contribution in [3.63, 3.8) is 0 Å². The summed E-state index contributed by atoms with van der Waals surface area (Å²) in [4.78, 5) is 12.4. The molecule has 7 heteroatoms. The van der Waals surface area contributed by atoms with Crippen molar-refractivity contribution in [1.29, 1.82) is 5.26 Å². The van der Waals surface area contributed by atoms with Gasteiger partial charge in [0, 0.05) is 24.1 Å². The van der Waals surface area contributed by atoms with Crippen LogP contribution >= 0.6 is 23.2 Å². The molecule has 28 heavy (non-hydrogen) atoms. The largest absolute Gasteiger partial charge is 0.355 e. The van der Waals surface area contributed by atoms with Gasteiger partial charge in [0.05, 0.1) is 34.8 Å². The molecule has 1 amide bonds. The van der Waals surface area contributed by atoms with Crippen LogP contribution in [-0.2, 0) is 23.2 Å². The Hall–Kier alpha value is -2.03. The Kier molecular flexibility index (Phi) is 7.51. The van der Waals surface area contributed by atoms with Crippen LogP contribution in [0.15, 0.2) is 18.2 Å². The lowest BCUT2D eigenvalue weighted by atomic mass is 9.84. The van der Waals surface area contributed by atoms with Crippen molar-refractivity contribution in [2.75, 3.05) is 6.54 Å². The fourth-order valence-electron chi connectivity index (χ4n) is 3.14. The zero-order valence-corrected chi connectivity index (χ0v) is 18.3. The van der Waals surface area contributed by atoms with Crippen molar-refractivity contribution in [1.82, 2.24) is 15.1 Å². The van der Waals surface area contributed by atoms with E-state index in [4.69, 9.17) is 28.5 Å². The van der Waals surface area contributed by atoms with E-state index in [9.17, 15) is 4.79 Å². The summed E-state index contributed by atoms with van der Waals surface area (Å²) in [6.45, 7) is 9.12. The summed E-state index contributed by atoms with van der Waals surface area (Å²) in [6, 6.07) is 7.69. The molecule has 0 aliphatic carbocycles. The van der Waals surface area contributed by atoms with Gasteiger partial charge in [-0.1, -0.05) is 43.1 Å². The molecular formula is C21H26Cl2N4O. The van der Waals surface area contributed by atoms with Crippen LogP contribution in [0.3, 0.4) is 0 Å². The van der Waals surface area contributed by atoms with E-state index in [0.29, 0.717) is 42.4 Å². The topological polar surface area (TPSA) is 70.7 Å². The molecule has 0 atom stereocenters. The van der Waals surface area contributed by atoms with Crippen molar-refractivity contribution >= 4 is 29.1 Å². The zero-order valence-electron chi connectivity index (χ0n) is 16.8. The van der Waals surface area contributed by atoms with E-state index in [1.807, 2.05) is 30.7 Å². The van der Waals surface area contributed by atoms with Crippen molar-refractivity contribution in [2.45, 2.75) is 58.9 Å². The lowest BCUT2D eigenvalue weighted by Gasteiger charge is -2.26. The maximum Gasteiger partial charge on any atom is 0.220 e. The van der Waals surface area contributed by atoms with E-state index in [1.165, 1.54) is 0 Å². The van der Waals surface area contributed by atoms with Crippen molar-refractivity contribution in [2.24, 2.45) is 0 Å². The van der Waals surface area contributed by atoms with Gasteiger partial charge >= 0.3 is 0 Å². The van der Waals surface area contributed by atoms with Crippen LogP contribution < -0.4 is 5.32 Å². The first kappa shape index (κ1) is 22.3. The van der Waals surface area contributed by atoms with Gasteiger partial charge < -0.3 is 5.32 Å². The van der Waals surface area contributed by atoms with Crippen molar-refractivity contribution in [3.05, 3.63) is 50.8 Å². The molecule has 2 rings (SSSR count). The van der Waals surface area contributed by atoms with Crippen LogP contribution in [0.1, 0.15) is 49.2 Å². The number of rotatable bonds is 8. The third-order valence-electron chi connectivity index (χ3n) is 5.00. The molecule has 1 aromatic carbocycles. The van der Waals surface area contributed by atoms with Gasteiger partial charge in [0.15, 0.2) is 0 Å². The monoisotopic (exact) mass is 420 g/mol. The Morgan fingerprint density at radius 1 is 1.29 bits per heavy atom. The first-order valence-corrected chi connectivity index (χ1v) is 10.0. The van der Waals surface area contributed by atoms with Crippen LogP contribution in [0.5, 0.6) is 0 Å². The van der Waals surface area contributed by atoms with Gasteiger partial charge in [-0.25, -0.2) is 0 Å². The number of hydrogen-bond donors (Lipinski definition) is 1. The number of aryl methyl sites for hydroxylation is 2. The number of nitrogens with one attached hydrogen (secondary N) is 1. The normalized spacial score (nSPS) is 11.3. The van der Waals surface area contributed by atoms with Crippen molar-refractivity contribution in [3.8, 4) is 6.07 Å². The Bertz CT molecular complexity index is 897. The summed E-state index contributed by atoms with van der Waals surface area (Å²) in [6.07, 6.45) is 1.44. The molecule has 0 aliphatic rings. The highest BCUT2D eigenvalue weighted by atomic mass is 35.5. The molecule has 1 aromatic heterocycles. The fraction of sp³-hybridized carbons (Fsp3) is 0.476. The second-order valence-electron chi connectivity index (χ2n) is 7.57. The average molecular weight is 421 g/mol. The fourth-order valence-corrected chi connectivity index (χ4v) is 3.43. The number of amides is 1. The SMILES string of the molecule is Cc1nn(CCC#N)c(C)c1CCC(=O)NCC(C)(C)c1ccc(Cl)c(Cl)c1. The quantitative estimate of drug-likeness (QED) is 0.669. The second kappa shape index (κ2) is 9.45. The van der Waals surface area contributed by atoms with Crippen LogP contribution in [0.25, 0.3) is 0 Å². The molecule has 1 heterocycles. The molecule has 0 unspecified atom stereocenters. The predicted octanol–water partition coefficient (Wildman–Crippen LogP) is 4.75. The van der Waals surface area contributed by atoms with Gasteiger partial charge in [0.25, 0.3) is 0 Å². The Morgan fingerprint density at radius 2 is 2.00 bits per heavy atom. The van der Waals surface area contributed by atoms with E-state index in [1.54, 1.807) is 6.07 Å². The molecule has 5 nitrogen and oxygen atoms in total. The van der Waals surface area contributed by atoms with Crippen LogP contribution in [-0.4, -0.2) is 22.2 Å². The molecule has 2 aromatic rings. The molecular weight excluding hydrogens is 395 g/mol. The van der Waals surface area contributed by atoms with Crippen molar-refractivity contribution < 1.29 is 4.79 Å². The van der Waals surface area contributed by atoms with Gasteiger partial charge in [-0.05, 0) is 43.5 Å². The number of carbonyl (C=O) groups is 1. The number of benzene rings is 1. The molecule has 150 valence electrons. The van der Waals surface area contributed by atoms with E-state index < -0.39 is 0 Å². The van der Waals surface area contributed by atoms with Gasteiger partial charge in [0.1, 0.15) is 0 Å². The standard InChI is InChI=1S/C21H26Cl2N4O/c1-14-17(15(2)27(26-14)11-5-10-24)7-9-20(28)25-13-21(3,4)16-6-8-18(22)19(23)12-16/h6,8,12H,5,7,9,11,13H2,1-4H3,(H,25,28). The van der Waals surface area contributed by atoms with Gasteiger partial charge in [-0.15, -0.1) is 0 Å². The third kappa shape index (κ3) is 5.50. The van der Waals surface area contributed by atoms with Crippen LogP contribution in [0.4, 0.5) is 0 Å². The minimum Gasteiger partial charge on any atom is -0.355 e. The molecule has 0 saturated heterocycles. The summed E-state index contributed by atoms with van der Waals surface area (Å²) in [5, 5.41) is 17.3. The van der Waals surface area contributed by atoms with E-state index in [2.05, 4.69) is 30.3 Å². The van der Waals surface area contributed by atoms with Gasteiger partial charge in [-0.2, -0.15) is 10.4 Å². The summed E-state index contributed by atoms with van der Waals surface area (Å²) >= 11 is 12.1. The first-order chi connectivity index (χ1) is 13.2. The predicted molar refractivity (Wildman–Crippen MR) is 113 cm³/mol. The summed E-state index contributed by atoms with van der Waals surface area (Å²) in [5.41, 5.74) is 3.78. The molecule has 0 bridgehead atoms. The Balaban J connectivity index is 1.93. The number of nitrogens with zero attached hydrogens (tertiary/aromatic N) is 3. The third-order valence-corrected chi connectivity index (χ3v) is 5.74. The summed E-state index contributed by atoms with van der Waals surface area (Å²) in [5.74, 6) is -0.00305. The average Bonchev–Trinajstić information content (AvgIpc) is 2.92. The van der Waals surface area contributed by atoms with E-state index >= 15 is 0 Å². The molecule has 0 fully saturated rings.